The summed E-state index contributed by atoms with van der Waals surface area (Å²) in [5, 5.41) is 0. The minimum Gasteiger partial charge on any atom is -0.211 e. The molecule has 0 N–H and O–H groups in total. The Kier molecular flexibility index (Phi) is 4.49. The fourth-order valence-electron chi connectivity index (χ4n) is 2.05. The van der Waals surface area contributed by atoms with Gasteiger partial charge in [-0.2, -0.15) is 15.0 Å². The standard InChI is InChI=1S/C10H11N3O3/c14-6-11-9(12-7-15)10(13-8-16)4-2-1-3-5-10/h9H,1-5H2. The molecule has 0 atom stereocenters. The van der Waals surface area contributed by atoms with E-state index in [9.17, 15) is 14.4 Å². The Morgan fingerprint density at radius 3 is 1.88 bits per heavy atom. The summed E-state index contributed by atoms with van der Waals surface area (Å²) in [7, 11) is 0. The molecule has 0 saturated heterocycles. The number of isocyanates is 3. The molecule has 84 valence electrons. The maximum absolute atomic E-state index is 10.4. The molecule has 1 aliphatic rings. The topological polar surface area (TPSA) is 88.3 Å². The van der Waals surface area contributed by atoms with E-state index in [-0.39, 0.29) is 0 Å². The third-order valence-corrected chi connectivity index (χ3v) is 2.82. The van der Waals surface area contributed by atoms with Crippen molar-refractivity contribution in [2.24, 2.45) is 15.0 Å². The summed E-state index contributed by atoms with van der Waals surface area (Å²) in [6, 6.07) is 0. The van der Waals surface area contributed by atoms with Crippen molar-refractivity contribution in [2.45, 2.75) is 43.8 Å². The van der Waals surface area contributed by atoms with E-state index >= 15 is 0 Å². The van der Waals surface area contributed by atoms with E-state index in [1.54, 1.807) is 0 Å². The van der Waals surface area contributed by atoms with Crippen molar-refractivity contribution >= 4 is 18.2 Å². The Morgan fingerprint density at radius 2 is 1.44 bits per heavy atom. The van der Waals surface area contributed by atoms with Crippen molar-refractivity contribution in [1.82, 2.24) is 0 Å². The van der Waals surface area contributed by atoms with Crippen LogP contribution in [0.2, 0.25) is 0 Å². The Morgan fingerprint density at radius 1 is 0.875 bits per heavy atom. The fraction of sp³-hybridized carbons (Fsp3) is 0.700. The average molecular weight is 221 g/mol. The largest absolute Gasteiger partial charge is 0.237 e. The molecule has 0 aliphatic heterocycles. The second kappa shape index (κ2) is 5.89. The van der Waals surface area contributed by atoms with Gasteiger partial charge in [0.1, 0.15) is 5.54 Å². The van der Waals surface area contributed by atoms with Gasteiger partial charge in [-0.05, 0) is 12.8 Å². The van der Waals surface area contributed by atoms with E-state index in [0.717, 1.165) is 19.3 Å². The lowest BCUT2D eigenvalue weighted by Gasteiger charge is -2.33. The highest BCUT2D eigenvalue weighted by molar-refractivity contribution is 5.40. The summed E-state index contributed by atoms with van der Waals surface area (Å²) in [5.41, 5.74) is -0.908. The molecule has 0 spiro atoms. The maximum atomic E-state index is 10.4. The van der Waals surface area contributed by atoms with Crippen molar-refractivity contribution in [1.29, 1.82) is 0 Å². The lowest BCUT2D eigenvalue weighted by Crippen LogP contribution is -2.40. The Balaban J connectivity index is 3.09. The third kappa shape index (κ3) is 2.59. The molecule has 0 bridgehead atoms. The Labute approximate surface area is 92.2 Å². The number of nitrogens with zero attached hydrogens (tertiary/aromatic N) is 3. The van der Waals surface area contributed by atoms with Gasteiger partial charge in [0.05, 0.1) is 0 Å². The van der Waals surface area contributed by atoms with Gasteiger partial charge >= 0.3 is 0 Å². The van der Waals surface area contributed by atoms with Gasteiger partial charge in [-0.15, -0.1) is 0 Å². The van der Waals surface area contributed by atoms with Crippen LogP contribution in [0.4, 0.5) is 0 Å². The number of hydrogen-bond acceptors (Lipinski definition) is 6. The molecule has 0 heterocycles. The van der Waals surface area contributed by atoms with Gasteiger partial charge in [-0.1, -0.05) is 19.3 Å². The summed E-state index contributed by atoms with van der Waals surface area (Å²) in [6.07, 6.45) is 7.01. The highest BCUT2D eigenvalue weighted by atomic mass is 16.1. The molecule has 1 aliphatic carbocycles. The van der Waals surface area contributed by atoms with E-state index in [1.165, 1.54) is 18.2 Å². The van der Waals surface area contributed by atoms with Crippen molar-refractivity contribution in [3.8, 4) is 0 Å². The number of rotatable bonds is 4. The van der Waals surface area contributed by atoms with Crippen LogP contribution in [0.15, 0.2) is 15.0 Å². The van der Waals surface area contributed by atoms with Gasteiger partial charge in [-0.25, -0.2) is 14.4 Å². The van der Waals surface area contributed by atoms with Gasteiger partial charge in [0, 0.05) is 0 Å². The molecule has 16 heavy (non-hydrogen) atoms. The molecule has 0 aromatic carbocycles. The molecule has 1 fully saturated rings. The van der Waals surface area contributed by atoms with E-state index < -0.39 is 11.7 Å². The lowest BCUT2D eigenvalue weighted by atomic mass is 9.80. The molecule has 0 amide bonds. The van der Waals surface area contributed by atoms with Gasteiger partial charge in [0.2, 0.25) is 18.2 Å². The molecular formula is C10H11N3O3. The quantitative estimate of drug-likeness (QED) is 0.524. The number of aliphatic imine (C=N–C) groups is 3. The minimum atomic E-state index is -0.996. The number of carbonyl (C=O) groups excluding carboxylic acids is 3. The van der Waals surface area contributed by atoms with E-state index in [1.807, 2.05) is 0 Å². The van der Waals surface area contributed by atoms with Crippen LogP contribution in [0.25, 0.3) is 0 Å². The molecule has 6 heteroatoms. The zero-order valence-electron chi connectivity index (χ0n) is 8.68. The van der Waals surface area contributed by atoms with Crippen LogP contribution < -0.4 is 0 Å². The zero-order valence-corrected chi connectivity index (χ0v) is 8.68. The van der Waals surface area contributed by atoms with Crippen LogP contribution in [0.1, 0.15) is 32.1 Å². The molecular weight excluding hydrogens is 210 g/mol. The minimum absolute atomic E-state index is 0.559. The molecule has 6 nitrogen and oxygen atoms in total. The first-order valence-electron chi connectivity index (χ1n) is 5.02. The average Bonchev–Trinajstić information content (AvgIpc) is 2.30. The van der Waals surface area contributed by atoms with Gasteiger partial charge < -0.3 is 0 Å². The summed E-state index contributed by atoms with van der Waals surface area (Å²) >= 11 is 0. The monoisotopic (exact) mass is 221 g/mol. The molecule has 1 rings (SSSR count). The van der Waals surface area contributed by atoms with E-state index in [2.05, 4.69) is 15.0 Å². The molecule has 0 radical (unpaired) electrons. The highest BCUT2D eigenvalue weighted by Crippen LogP contribution is 2.36. The predicted octanol–water partition coefficient (Wildman–Crippen LogP) is 1.02. The van der Waals surface area contributed by atoms with Crippen molar-refractivity contribution in [3.63, 3.8) is 0 Å². The highest BCUT2D eigenvalue weighted by Gasteiger charge is 2.40. The summed E-state index contributed by atoms with van der Waals surface area (Å²) in [5.74, 6) is 0. The van der Waals surface area contributed by atoms with Gasteiger partial charge in [0.15, 0.2) is 6.17 Å². The van der Waals surface area contributed by atoms with E-state index in [0.29, 0.717) is 12.8 Å². The molecule has 0 aromatic rings. The Bertz CT molecular complexity index is 364. The first-order valence-corrected chi connectivity index (χ1v) is 5.02. The zero-order chi connectivity index (χ0) is 11.9. The summed E-state index contributed by atoms with van der Waals surface area (Å²) in [6.45, 7) is 0. The second-order valence-electron chi connectivity index (χ2n) is 3.68. The van der Waals surface area contributed by atoms with Gasteiger partial charge in [0.25, 0.3) is 0 Å². The molecule has 0 aromatic heterocycles. The van der Waals surface area contributed by atoms with Gasteiger partial charge in [-0.3, -0.25) is 0 Å². The number of hydrogen-bond donors (Lipinski definition) is 0. The van der Waals surface area contributed by atoms with Crippen LogP contribution >= 0.6 is 0 Å². The SMILES string of the molecule is O=C=NC(N=C=O)C1(N=C=O)CCCCC1. The first-order chi connectivity index (χ1) is 7.79. The normalized spacial score (nSPS) is 19.5. The van der Waals surface area contributed by atoms with Crippen LogP contribution in [-0.4, -0.2) is 29.9 Å². The van der Waals surface area contributed by atoms with Crippen LogP contribution in [-0.2, 0) is 14.4 Å². The fourth-order valence-corrected chi connectivity index (χ4v) is 2.05. The summed E-state index contributed by atoms with van der Waals surface area (Å²) < 4.78 is 0. The lowest BCUT2D eigenvalue weighted by molar-refractivity contribution is 0.254. The smallest absolute Gasteiger partial charge is 0.211 e. The van der Waals surface area contributed by atoms with Crippen molar-refractivity contribution < 1.29 is 14.4 Å². The summed E-state index contributed by atoms with van der Waals surface area (Å²) in [4.78, 5) is 41.5. The van der Waals surface area contributed by atoms with Crippen LogP contribution in [0.5, 0.6) is 0 Å². The van der Waals surface area contributed by atoms with Crippen LogP contribution in [0.3, 0.4) is 0 Å². The second-order valence-corrected chi connectivity index (χ2v) is 3.68. The maximum Gasteiger partial charge on any atom is 0.237 e. The van der Waals surface area contributed by atoms with Crippen molar-refractivity contribution in [2.75, 3.05) is 0 Å². The van der Waals surface area contributed by atoms with Crippen LogP contribution in [0, 0.1) is 0 Å². The Hall–Kier alpha value is -1.86. The predicted molar refractivity (Wildman–Crippen MR) is 54.0 cm³/mol. The third-order valence-electron chi connectivity index (χ3n) is 2.82. The molecule has 1 saturated carbocycles. The molecule has 0 unspecified atom stereocenters. The van der Waals surface area contributed by atoms with E-state index in [4.69, 9.17) is 0 Å². The van der Waals surface area contributed by atoms with Crippen molar-refractivity contribution in [3.05, 3.63) is 0 Å². The first kappa shape index (κ1) is 12.2.